The minimum Gasteiger partial charge on any atom is -0.504 e. The molecule has 0 radical (unpaired) electrons. The predicted octanol–water partition coefficient (Wildman–Crippen LogP) is 3.58. The van der Waals surface area contributed by atoms with Gasteiger partial charge in [0.1, 0.15) is 11.7 Å². The van der Waals surface area contributed by atoms with Crippen molar-refractivity contribution in [2.75, 3.05) is 20.1 Å². The van der Waals surface area contributed by atoms with E-state index in [4.69, 9.17) is 4.74 Å². The van der Waals surface area contributed by atoms with Crippen LogP contribution in [-0.4, -0.2) is 69.8 Å². The molecule has 0 saturated carbocycles. The second-order valence-electron chi connectivity index (χ2n) is 11.3. The summed E-state index contributed by atoms with van der Waals surface area (Å²) in [4.78, 5) is 17.5. The molecule has 2 aliphatic carbocycles. The molecule has 2 unspecified atom stereocenters. The maximum Gasteiger partial charge on any atom is 0.223 e. The summed E-state index contributed by atoms with van der Waals surface area (Å²) >= 11 is 0. The zero-order valence-corrected chi connectivity index (χ0v) is 21.9. The molecule has 2 N–H and O–H groups in total. The van der Waals surface area contributed by atoms with Crippen LogP contribution in [0.25, 0.3) is 0 Å². The number of likely N-dealkylation sites (N-methyl/N-ethyl adjacent to an activating group) is 1. The normalized spacial score (nSPS) is 31.0. The van der Waals surface area contributed by atoms with Gasteiger partial charge in [0.05, 0.1) is 11.5 Å². The Bertz CT molecular complexity index is 1320. The number of aryl methyl sites for hydroxylation is 3. The summed E-state index contributed by atoms with van der Waals surface area (Å²) < 4.78 is 6.55. The predicted molar refractivity (Wildman–Crippen MR) is 143 cm³/mol. The number of ether oxygens (including phenoxy) is 1. The van der Waals surface area contributed by atoms with Crippen LogP contribution >= 0.6 is 0 Å². The first-order chi connectivity index (χ1) is 17.7. The number of phenolic OH excluding ortho intramolecular Hbond substituents is 1. The van der Waals surface area contributed by atoms with Crippen molar-refractivity contribution in [3.8, 4) is 11.5 Å². The number of hydrogen-bond acceptors (Lipinski definition) is 5. The van der Waals surface area contributed by atoms with Gasteiger partial charge >= 0.3 is 0 Å². The SMILES string of the molecule is C=CCN1CC[C@]23c4c5ccc(O)c4OC2C(N(C)C(=O)CCc2ccc(C)c(C)c2)C=C[C@@]3(O)[C@H]1C5. The molecule has 2 aromatic rings. The van der Waals surface area contributed by atoms with Crippen molar-refractivity contribution in [3.63, 3.8) is 0 Å². The highest BCUT2D eigenvalue weighted by Crippen LogP contribution is 2.64. The van der Waals surface area contributed by atoms with Gasteiger partial charge in [-0.3, -0.25) is 9.69 Å². The molecule has 1 fully saturated rings. The van der Waals surface area contributed by atoms with Crippen molar-refractivity contribution < 1.29 is 19.7 Å². The highest BCUT2D eigenvalue weighted by molar-refractivity contribution is 5.77. The van der Waals surface area contributed by atoms with E-state index < -0.39 is 17.1 Å². The summed E-state index contributed by atoms with van der Waals surface area (Å²) in [5.41, 5.74) is 3.78. The van der Waals surface area contributed by atoms with E-state index in [1.165, 1.54) is 11.1 Å². The molecular weight excluding hydrogens is 464 g/mol. The third kappa shape index (κ3) is 3.28. The zero-order valence-electron chi connectivity index (χ0n) is 21.9. The van der Waals surface area contributed by atoms with Crippen LogP contribution in [0.2, 0.25) is 0 Å². The van der Waals surface area contributed by atoms with Gasteiger partial charge in [0, 0.05) is 38.2 Å². The number of piperidine rings is 1. The maximum absolute atomic E-state index is 13.5. The number of hydrogen-bond donors (Lipinski definition) is 2. The first-order valence-electron chi connectivity index (χ1n) is 13.3. The van der Waals surface area contributed by atoms with Gasteiger partial charge in [0.25, 0.3) is 0 Å². The van der Waals surface area contributed by atoms with Crippen molar-refractivity contribution in [3.05, 3.63) is 83.0 Å². The lowest BCUT2D eigenvalue weighted by molar-refractivity contribution is -0.154. The highest BCUT2D eigenvalue weighted by Gasteiger charge is 2.72. The van der Waals surface area contributed by atoms with E-state index in [1.807, 2.05) is 31.3 Å². The van der Waals surface area contributed by atoms with E-state index in [0.29, 0.717) is 38.0 Å². The second-order valence-corrected chi connectivity index (χ2v) is 11.3. The number of nitrogens with zero attached hydrogens (tertiary/aromatic N) is 2. The summed E-state index contributed by atoms with van der Waals surface area (Å²) in [5.74, 6) is 0.607. The number of rotatable bonds is 6. The van der Waals surface area contributed by atoms with Crippen LogP contribution in [0.4, 0.5) is 0 Å². The standard InChI is InChI=1S/C31H36N2O4/c1-5-15-33-16-14-30-27-22-9-10-24(34)28(27)37-29(30)23(12-13-31(30,36)25(33)18-22)32(4)26(35)11-8-21-7-6-19(2)20(3)17-21/h5-7,9-10,12-13,17,23,25,29,34,36H,1,8,11,14-16,18H2,2-4H3/t23?,25-,29?,30+,31-/m1/s1. The number of benzene rings is 2. The molecule has 6 rings (SSSR count). The first kappa shape index (κ1) is 24.3. The highest BCUT2D eigenvalue weighted by atomic mass is 16.5. The fourth-order valence-corrected chi connectivity index (χ4v) is 7.44. The Morgan fingerprint density at radius 3 is 2.84 bits per heavy atom. The molecule has 1 saturated heterocycles. The van der Waals surface area contributed by atoms with Gasteiger partial charge in [-0.1, -0.05) is 42.5 Å². The lowest BCUT2D eigenvalue weighted by atomic mass is 9.50. The molecular formula is C31H36N2O4. The van der Waals surface area contributed by atoms with Crippen LogP contribution in [0.15, 0.2) is 55.1 Å². The fraction of sp³-hybridized carbons (Fsp3) is 0.452. The first-order valence-corrected chi connectivity index (χ1v) is 13.3. The summed E-state index contributed by atoms with van der Waals surface area (Å²) in [7, 11) is 1.83. The van der Waals surface area contributed by atoms with E-state index in [1.54, 1.807) is 11.0 Å². The van der Waals surface area contributed by atoms with E-state index in [-0.39, 0.29) is 23.7 Å². The average Bonchev–Trinajstić information content (AvgIpc) is 3.23. The van der Waals surface area contributed by atoms with Crippen LogP contribution in [-0.2, 0) is 23.1 Å². The van der Waals surface area contributed by atoms with Crippen LogP contribution in [0.1, 0.15) is 40.7 Å². The third-order valence-corrected chi connectivity index (χ3v) is 9.53. The molecule has 6 heteroatoms. The quantitative estimate of drug-likeness (QED) is 0.593. The smallest absolute Gasteiger partial charge is 0.223 e. The van der Waals surface area contributed by atoms with Crippen LogP contribution in [0.3, 0.4) is 0 Å². The van der Waals surface area contributed by atoms with Gasteiger partial charge in [0.2, 0.25) is 5.91 Å². The van der Waals surface area contributed by atoms with Crippen LogP contribution < -0.4 is 4.74 Å². The van der Waals surface area contributed by atoms with Crippen LogP contribution in [0, 0.1) is 13.8 Å². The Hall–Kier alpha value is -3.09. The summed E-state index contributed by atoms with van der Waals surface area (Å²) in [6, 6.07) is 9.54. The van der Waals surface area contributed by atoms with Gasteiger partial charge < -0.3 is 19.8 Å². The third-order valence-electron chi connectivity index (χ3n) is 9.53. The van der Waals surface area contributed by atoms with Crippen molar-refractivity contribution in [2.24, 2.45) is 0 Å². The molecule has 37 heavy (non-hydrogen) atoms. The number of aliphatic hydroxyl groups is 1. The van der Waals surface area contributed by atoms with Gasteiger partial charge in [0.15, 0.2) is 11.5 Å². The molecule has 2 bridgehead atoms. The lowest BCUT2D eigenvalue weighted by Gasteiger charge is -2.62. The molecule has 2 aromatic carbocycles. The van der Waals surface area contributed by atoms with E-state index >= 15 is 0 Å². The molecule has 2 aliphatic heterocycles. The number of carbonyl (C=O) groups is 1. The second kappa shape index (κ2) is 8.47. The molecule has 5 atom stereocenters. The number of aromatic hydroxyl groups is 1. The monoisotopic (exact) mass is 500 g/mol. The van der Waals surface area contributed by atoms with Gasteiger partial charge in [-0.05, 0) is 61.4 Å². The average molecular weight is 501 g/mol. The molecule has 1 amide bonds. The van der Waals surface area contributed by atoms with Gasteiger partial charge in [-0.2, -0.15) is 0 Å². The fourth-order valence-electron chi connectivity index (χ4n) is 7.44. The lowest BCUT2D eigenvalue weighted by Crippen LogP contribution is -2.76. The summed E-state index contributed by atoms with van der Waals surface area (Å²) in [6.45, 7) is 9.60. The number of phenols is 1. The molecule has 1 spiro atoms. The number of likely N-dealkylation sites (tertiary alicyclic amines) is 1. The Morgan fingerprint density at radius 1 is 1.27 bits per heavy atom. The maximum atomic E-state index is 13.5. The Morgan fingerprint density at radius 2 is 2.08 bits per heavy atom. The molecule has 6 nitrogen and oxygen atoms in total. The number of carbonyl (C=O) groups excluding carboxylic acids is 1. The van der Waals surface area contributed by atoms with Crippen molar-refractivity contribution >= 4 is 5.91 Å². The van der Waals surface area contributed by atoms with Gasteiger partial charge in [-0.25, -0.2) is 0 Å². The zero-order chi connectivity index (χ0) is 26.1. The molecule has 0 aromatic heterocycles. The Labute approximate surface area is 218 Å². The summed E-state index contributed by atoms with van der Waals surface area (Å²) in [6.07, 6.45) is 7.70. The number of amides is 1. The largest absolute Gasteiger partial charge is 0.504 e. The van der Waals surface area contributed by atoms with E-state index in [9.17, 15) is 15.0 Å². The van der Waals surface area contributed by atoms with Crippen molar-refractivity contribution in [1.29, 1.82) is 0 Å². The summed E-state index contributed by atoms with van der Waals surface area (Å²) in [5, 5.41) is 23.2. The van der Waals surface area contributed by atoms with E-state index in [0.717, 1.165) is 23.2 Å². The molecule has 2 heterocycles. The van der Waals surface area contributed by atoms with Crippen LogP contribution in [0.5, 0.6) is 11.5 Å². The minimum absolute atomic E-state index is 0.0372. The Kier molecular flexibility index (Phi) is 5.55. The van der Waals surface area contributed by atoms with Crippen molar-refractivity contribution in [2.45, 2.75) is 68.7 Å². The van der Waals surface area contributed by atoms with Crippen molar-refractivity contribution in [1.82, 2.24) is 9.80 Å². The molecule has 4 aliphatic rings. The van der Waals surface area contributed by atoms with Gasteiger partial charge in [-0.15, -0.1) is 6.58 Å². The Balaban J connectivity index is 1.35. The molecule has 194 valence electrons. The topological polar surface area (TPSA) is 73.2 Å². The minimum atomic E-state index is -1.16. The van der Waals surface area contributed by atoms with E-state index in [2.05, 4.69) is 43.5 Å².